The molecule has 0 unspecified atom stereocenters. The summed E-state index contributed by atoms with van der Waals surface area (Å²) in [6.45, 7) is 9.71. The van der Waals surface area contributed by atoms with E-state index in [0.717, 1.165) is 84.1 Å². The van der Waals surface area contributed by atoms with Gasteiger partial charge in [-0.05, 0) is 56.3 Å². The Kier molecular flexibility index (Phi) is 7.68. The molecule has 0 spiro atoms. The molecule has 4 heterocycles. The lowest BCUT2D eigenvalue weighted by Crippen LogP contribution is -2.44. The minimum Gasteiger partial charge on any atom is -0.497 e. The van der Waals surface area contributed by atoms with Gasteiger partial charge in [0, 0.05) is 86.8 Å². The van der Waals surface area contributed by atoms with Gasteiger partial charge in [0.05, 0.1) is 24.1 Å². The lowest BCUT2D eigenvalue weighted by molar-refractivity contribution is 0.101. The highest BCUT2D eigenvalue weighted by Gasteiger charge is 2.30. The summed E-state index contributed by atoms with van der Waals surface area (Å²) in [6, 6.07) is 10.8. The Bertz CT molecular complexity index is 1760. The second-order valence-electron chi connectivity index (χ2n) is 10.9. The molecule has 11 heteroatoms. The Hall–Kier alpha value is -4.61. The molecular weight excluding hydrogens is 546 g/mol. The minimum atomic E-state index is -0.364. The van der Waals surface area contributed by atoms with Gasteiger partial charge in [-0.2, -0.15) is 5.10 Å². The van der Waals surface area contributed by atoms with Crippen molar-refractivity contribution in [3.8, 4) is 22.8 Å². The molecule has 224 valence electrons. The number of rotatable bonds is 7. The summed E-state index contributed by atoms with van der Waals surface area (Å²) in [6.07, 6.45) is 1.85. The number of carbonyl (C=O) groups excluding carboxylic acids is 2. The number of benzene rings is 2. The Morgan fingerprint density at radius 3 is 2.63 bits per heavy atom. The molecule has 2 aliphatic heterocycles. The largest absolute Gasteiger partial charge is 0.497 e. The quantitative estimate of drug-likeness (QED) is 0.283. The molecule has 0 radical (unpaired) electrons. The zero-order chi connectivity index (χ0) is 30.2. The molecule has 0 saturated carbocycles. The van der Waals surface area contributed by atoms with Crippen molar-refractivity contribution in [2.45, 2.75) is 20.4 Å². The number of fused-ring (bicyclic) bond motifs is 2. The number of allylic oxidation sites excluding steroid dienone is 1. The SMILES string of the molecule is CNC(=O)Nc1ccc2c(c1)C(=O)/C(=C/c1c(-c3c(C)nn(C)c3C)n(CCN3CCNCC3)c3ccc(OC)cc13)O2. The number of urea groups is 1. The normalized spacial score (nSPS) is 16.0. The number of hydrogen-bond donors (Lipinski definition) is 3. The summed E-state index contributed by atoms with van der Waals surface area (Å²) in [7, 11) is 5.14. The van der Waals surface area contributed by atoms with E-state index in [4.69, 9.17) is 14.6 Å². The van der Waals surface area contributed by atoms with Crippen LogP contribution in [0.25, 0.3) is 28.2 Å². The molecule has 2 amide bonds. The highest BCUT2D eigenvalue weighted by Crippen LogP contribution is 2.41. The van der Waals surface area contributed by atoms with E-state index in [-0.39, 0.29) is 17.6 Å². The van der Waals surface area contributed by atoms with Gasteiger partial charge < -0.3 is 30.0 Å². The molecule has 1 saturated heterocycles. The number of amides is 2. The predicted molar refractivity (Wildman–Crippen MR) is 167 cm³/mol. The van der Waals surface area contributed by atoms with Crippen molar-refractivity contribution < 1.29 is 19.1 Å². The summed E-state index contributed by atoms with van der Waals surface area (Å²) in [5, 5.41) is 14.4. The molecular formula is C32H37N7O4. The molecule has 4 aromatic rings. The number of aromatic nitrogens is 3. The van der Waals surface area contributed by atoms with Gasteiger partial charge >= 0.3 is 6.03 Å². The van der Waals surface area contributed by atoms with Crippen molar-refractivity contribution in [3.05, 3.63) is 64.7 Å². The third-order valence-corrected chi connectivity index (χ3v) is 8.33. The van der Waals surface area contributed by atoms with Crippen LogP contribution in [0.4, 0.5) is 10.5 Å². The summed E-state index contributed by atoms with van der Waals surface area (Å²) in [4.78, 5) is 28.0. The van der Waals surface area contributed by atoms with Crippen LogP contribution >= 0.6 is 0 Å². The molecule has 6 rings (SSSR count). The van der Waals surface area contributed by atoms with Crippen LogP contribution in [-0.2, 0) is 13.6 Å². The fourth-order valence-electron chi connectivity index (χ4n) is 6.02. The van der Waals surface area contributed by atoms with E-state index in [2.05, 4.69) is 38.4 Å². The number of nitrogens with zero attached hydrogens (tertiary/aromatic N) is 4. The van der Waals surface area contributed by atoms with E-state index in [1.54, 1.807) is 25.3 Å². The molecule has 2 aliphatic rings. The number of methoxy groups -OCH3 is 1. The van der Waals surface area contributed by atoms with Crippen molar-refractivity contribution in [1.82, 2.24) is 29.9 Å². The Balaban J connectivity index is 1.51. The maximum atomic E-state index is 13.7. The van der Waals surface area contributed by atoms with Crippen molar-refractivity contribution in [2.24, 2.45) is 7.05 Å². The molecule has 11 nitrogen and oxygen atoms in total. The summed E-state index contributed by atoms with van der Waals surface area (Å²) in [5.74, 6) is 1.15. The number of carbonyl (C=O) groups is 2. The number of ether oxygens (including phenoxy) is 2. The van der Waals surface area contributed by atoms with Crippen LogP contribution in [0, 0.1) is 13.8 Å². The number of hydrogen-bond acceptors (Lipinski definition) is 7. The van der Waals surface area contributed by atoms with E-state index in [1.807, 2.05) is 36.9 Å². The van der Waals surface area contributed by atoms with E-state index in [0.29, 0.717) is 17.0 Å². The maximum Gasteiger partial charge on any atom is 0.318 e. The average Bonchev–Trinajstić information content (AvgIpc) is 3.58. The monoisotopic (exact) mass is 583 g/mol. The highest BCUT2D eigenvalue weighted by atomic mass is 16.5. The topological polar surface area (TPSA) is 115 Å². The molecule has 43 heavy (non-hydrogen) atoms. The van der Waals surface area contributed by atoms with Gasteiger partial charge in [0.25, 0.3) is 0 Å². The van der Waals surface area contributed by atoms with E-state index in [1.165, 1.54) is 7.05 Å². The number of aryl methyl sites for hydroxylation is 2. The smallest absolute Gasteiger partial charge is 0.318 e. The van der Waals surface area contributed by atoms with Crippen LogP contribution in [0.5, 0.6) is 11.5 Å². The van der Waals surface area contributed by atoms with Gasteiger partial charge in [0.1, 0.15) is 11.5 Å². The number of nitrogens with one attached hydrogen (secondary N) is 3. The molecule has 2 aromatic carbocycles. The van der Waals surface area contributed by atoms with Crippen LogP contribution in [0.3, 0.4) is 0 Å². The van der Waals surface area contributed by atoms with E-state index < -0.39 is 0 Å². The van der Waals surface area contributed by atoms with Crippen LogP contribution in [0.15, 0.2) is 42.2 Å². The summed E-state index contributed by atoms with van der Waals surface area (Å²) < 4.78 is 16.0. The molecule has 0 bridgehead atoms. The van der Waals surface area contributed by atoms with Gasteiger partial charge in [-0.3, -0.25) is 14.4 Å². The lowest BCUT2D eigenvalue weighted by Gasteiger charge is -2.27. The third kappa shape index (κ3) is 5.26. The molecule has 2 aromatic heterocycles. The van der Waals surface area contributed by atoms with Gasteiger partial charge in [0.15, 0.2) is 5.76 Å². The van der Waals surface area contributed by atoms with E-state index in [9.17, 15) is 9.59 Å². The van der Waals surface area contributed by atoms with Crippen LogP contribution in [-0.4, -0.2) is 77.9 Å². The second-order valence-corrected chi connectivity index (χ2v) is 10.9. The second kappa shape index (κ2) is 11.6. The van der Waals surface area contributed by atoms with Crippen LogP contribution in [0.2, 0.25) is 0 Å². The summed E-state index contributed by atoms with van der Waals surface area (Å²) >= 11 is 0. The molecule has 0 atom stereocenters. The average molecular weight is 584 g/mol. The first-order chi connectivity index (χ1) is 20.8. The zero-order valence-corrected chi connectivity index (χ0v) is 25.2. The minimum absolute atomic E-state index is 0.219. The number of Topliss-reactive ketones (excluding diaryl/α,β-unsaturated/α-hetero) is 1. The highest BCUT2D eigenvalue weighted by molar-refractivity contribution is 6.16. The van der Waals surface area contributed by atoms with Gasteiger partial charge in [-0.1, -0.05) is 0 Å². The summed E-state index contributed by atoms with van der Waals surface area (Å²) in [5.41, 5.74) is 6.78. The van der Waals surface area contributed by atoms with Gasteiger partial charge in [-0.25, -0.2) is 4.79 Å². The molecule has 1 fully saturated rings. The van der Waals surface area contributed by atoms with Crippen molar-refractivity contribution >= 4 is 34.5 Å². The Labute approximate surface area is 250 Å². The first-order valence-corrected chi connectivity index (χ1v) is 14.5. The predicted octanol–water partition coefficient (Wildman–Crippen LogP) is 3.94. The first kappa shape index (κ1) is 28.5. The molecule has 0 aliphatic carbocycles. The lowest BCUT2D eigenvalue weighted by atomic mass is 10.0. The van der Waals surface area contributed by atoms with Crippen molar-refractivity contribution in [1.29, 1.82) is 0 Å². The number of ketones is 1. The number of piperazine rings is 1. The fourth-order valence-corrected chi connectivity index (χ4v) is 6.02. The zero-order valence-electron chi connectivity index (χ0n) is 25.2. The van der Waals surface area contributed by atoms with E-state index >= 15 is 0 Å². The standard InChI is InChI=1S/C32H37N7O4/c1-19-29(20(2)37(4)36-19)30-24(18-28-31(40)25-16-21(35-32(41)33-3)6-9-27(25)43-28)23-17-22(42-5)7-8-26(23)39(30)15-14-38-12-10-34-11-13-38/h6-9,16-18,34H,10-15H2,1-5H3,(H2,33,35,41)/b28-18-. The van der Waals surface area contributed by atoms with Crippen LogP contribution in [0.1, 0.15) is 27.3 Å². The maximum absolute atomic E-state index is 13.7. The first-order valence-electron chi connectivity index (χ1n) is 14.5. The number of anilines is 1. The fraction of sp³-hybridized carbons (Fsp3) is 0.344. The van der Waals surface area contributed by atoms with Gasteiger partial charge in [-0.15, -0.1) is 0 Å². The third-order valence-electron chi connectivity index (χ3n) is 8.33. The van der Waals surface area contributed by atoms with Crippen molar-refractivity contribution in [2.75, 3.05) is 52.2 Å². The Morgan fingerprint density at radius 1 is 1.14 bits per heavy atom. The Morgan fingerprint density at radius 2 is 1.93 bits per heavy atom. The van der Waals surface area contributed by atoms with Gasteiger partial charge in [0.2, 0.25) is 5.78 Å². The van der Waals surface area contributed by atoms with Crippen LogP contribution < -0.4 is 25.4 Å². The van der Waals surface area contributed by atoms with Crippen molar-refractivity contribution in [3.63, 3.8) is 0 Å². The molecule has 3 N–H and O–H groups in total.